The minimum absolute atomic E-state index is 0.181. The van der Waals surface area contributed by atoms with Crippen LogP contribution in [0.5, 0.6) is 5.75 Å². The Morgan fingerprint density at radius 1 is 1.38 bits per heavy atom. The van der Waals surface area contributed by atoms with E-state index in [2.05, 4.69) is 29.0 Å². The molecule has 1 amide bonds. The molecule has 140 valence electrons. The molecule has 3 rings (SSSR count). The Hall–Kier alpha value is -1.99. The lowest BCUT2D eigenvalue weighted by atomic mass is 9.92. The van der Waals surface area contributed by atoms with E-state index in [1.807, 2.05) is 5.38 Å². The second-order valence-electron chi connectivity index (χ2n) is 7.08. The van der Waals surface area contributed by atoms with Crippen molar-refractivity contribution in [1.29, 1.82) is 0 Å². The SMILES string of the molecule is C[C@@H]1C[C@H](C)CN(Cc2csc(NC(=O)COc3cccc(F)c3)n2)C1. The van der Waals surface area contributed by atoms with Crippen LogP contribution in [0.15, 0.2) is 29.6 Å². The maximum atomic E-state index is 13.1. The van der Waals surface area contributed by atoms with Gasteiger partial charge in [-0.3, -0.25) is 15.0 Å². The van der Waals surface area contributed by atoms with E-state index >= 15 is 0 Å². The summed E-state index contributed by atoms with van der Waals surface area (Å²) < 4.78 is 18.4. The van der Waals surface area contributed by atoms with Crippen LogP contribution in [0.4, 0.5) is 9.52 Å². The zero-order chi connectivity index (χ0) is 18.5. The number of hydrogen-bond acceptors (Lipinski definition) is 5. The maximum Gasteiger partial charge on any atom is 0.264 e. The number of thiazole rings is 1. The van der Waals surface area contributed by atoms with Gasteiger partial charge in [0.1, 0.15) is 11.6 Å². The number of carbonyl (C=O) groups is 1. The van der Waals surface area contributed by atoms with Crippen molar-refractivity contribution in [3.8, 4) is 5.75 Å². The lowest BCUT2D eigenvalue weighted by Gasteiger charge is -2.34. The van der Waals surface area contributed by atoms with Crippen molar-refractivity contribution in [3.05, 3.63) is 41.2 Å². The molecule has 0 bridgehead atoms. The molecule has 0 aliphatic carbocycles. The van der Waals surface area contributed by atoms with Crippen LogP contribution in [-0.2, 0) is 11.3 Å². The number of carbonyl (C=O) groups excluding carboxylic acids is 1. The van der Waals surface area contributed by atoms with Crippen LogP contribution in [0.1, 0.15) is 26.0 Å². The number of rotatable bonds is 6. The fourth-order valence-corrected chi connectivity index (χ4v) is 4.17. The largest absolute Gasteiger partial charge is 0.484 e. The number of aromatic nitrogens is 1. The number of piperidine rings is 1. The quantitative estimate of drug-likeness (QED) is 0.832. The van der Waals surface area contributed by atoms with Crippen molar-refractivity contribution in [1.82, 2.24) is 9.88 Å². The molecule has 0 unspecified atom stereocenters. The van der Waals surface area contributed by atoms with Gasteiger partial charge in [-0.05, 0) is 30.4 Å². The zero-order valence-corrected chi connectivity index (χ0v) is 15.9. The number of amides is 1. The number of ether oxygens (including phenoxy) is 1. The molecule has 2 heterocycles. The highest BCUT2D eigenvalue weighted by Crippen LogP contribution is 2.24. The van der Waals surface area contributed by atoms with E-state index in [1.165, 1.54) is 36.0 Å². The third-order valence-corrected chi connectivity index (χ3v) is 5.10. The van der Waals surface area contributed by atoms with Gasteiger partial charge in [-0.15, -0.1) is 11.3 Å². The maximum absolute atomic E-state index is 13.1. The summed E-state index contributed by atoms with van der Waals surface area (Å²) in [4.78, 5) is 18.9. The van der Waals surface area contributed by atoms with E-state index < -0.39 is 5.82 Å². The second-order valence-corrected chi connectivity index (χ2v) is 7.94. The summed E-state index contributed by atoms with van der Waals surface area (Å²) in [5, 5.41) is 5.27. The molecule has 0 saturated carbocycles. The molecular formula is C19H24FN3O2S. The summed E-state index contributed by atoms with van der Waals surface area (Å²) in [5.74, 6) is 1.03. The van der Waals surface area contributed by atoms with Gasteiger partial charge in [0, 0.05) is 31.1 Å². The average molecular weight is 377 g/mol. The number of likely N-dealkylation sites (tertiary alicyclic amines) is 1. The van der Waals surface area contributed by atoms with Crippen LogP contribution in [0.2, 0.25) is 0 Å². The highest BCUT2D eigenvalue weighted by atomic mass is 32.1. The lowest BCUT2D eigenvalue weighted by molar-refractivity contribution is -0.118. The highest BCUT2D eigenvalue weighted by Gasteiger charge is 2.22. The smallest absolute Gasteiger partial charge is 0.264 e. The van der Waals surface area contributed by atoms with Crippen molar-refractivity contribution >= 4 is 22.4 Å². The lowest BCUT2D eigenvalue weighted by Crippen LogP contribution is -2.38. The molecule has 5 nitrogen and oxygen atoms in total. The van der Waals surface area contributed by atoms with Gasteiger partial charge >= 0.3 is 0 Å². The number of nitrogens with one attached hydrogen (secondary N) is 1. The van der Waals surface area contributed by atoms with Gasteiger partial charge in [-0.2, -0.15) is 0 Å². The van der Waals surface area contributed by atoms with Crippen LogP contribution in [-0.4, -0.2) is 35.5 Å². The van der Waals surface area contributed by atoms with E-state index in [4.69, 9.17) is 4.74 Å². The van der Waals surface area contributed by atoms with Crippen molar-refractivity contribution in [3.63, 3.8) is 0 Å². The van der Waals surface area contributed by atoms with Crippen molar-refractivity contribution in [2.45, 2.75) is 26.8 Å². The number of benzene rings is 1. The normalized spacial score (nSPS) is 20.7. The van der Waals surface area contributed by atoms with Gasteiger partial charge in [0.2, 0.25) is 0 Å². The molecule has 1 aliphatic rings. The summed E-state index contributed by atoms with van der Waals surface area (Å²) >= 11 is 1.41. The molecule has 1 aromatic heterocycles. The van der Waals surface area contributed by atoms with Gasteiger partial charge in [0.15, 0.2) is 11.7 Å². The fraction of sp³-hybridized carbons (Fsp3) is 0.474. The topological polar surface area (TPSA) is 54.5 Å². The first-order chi connectivity index (χ1) is 12.5. The van der Waals surface area contributed by atoms with Gasteiger partial charge in [0.25, 0.3) is 5.91 Å². The zero-order valence-electron chi connectivity index (χ0n) is 15.1. The number of halogens is 1. The van der Waals surface area contributed by atoms with Crippen LogP contribution in [0, 0.1) is 17.7 Å². The number of hydrogen-bond donors (Lipinski definition) is 1. The molecule has 1 aromatic carbocycles. The van der Waals surface area contributed by atoms with Gasteiger partial charge in [-0.25, -0.2) is 9.37 Å². The minimum Gasteiger partial charge on any atom is -0.484 e. The predicted octanol–water partition coefficient (Wildman–Crippen LogP) is 3.78. The average Bonchev–Trinajstić information content (AvgIpc) is 2.99. The first-order valence-electron chi connectivity index (χ1n) is 8.83. The summed E-state index contributed by atoms with van der Waals surface area (Å²) in [5.41, 5.74) is 0.970. The molecule has 1 saturated heterocycles. The van der Waals surface area contributed by atoms with E-state index in [0.29, 0.717) is 22.7 Å². The monoisotopic (exact) mass is 377 g/mol. The summed E-state index contributed by atoms with van der Waals surface area (Å²) in [6.45, 7) is 7.37. The second kappa shape index (κ2) is 8.60. The summed E-state index contributed by atoms with van der Waals surface area (Å²) in [7, 11) is 0. The minimum atomic E-state index is -0.395. The molecule has 0 spiro atoms. The number of nitrogens with zero attached hydrogens (tertiary/aromatic N) is 2. The number of anilines is 1. The molecule has 1 aliphatic heterocycles. The molecular weight excluding hydrogens is 353 g/mol. The van der Waals surface area contributed by atoms with E-state index in [9.17, 15) is 9.18 Å². The third-order valence-electron chi connectivity index (χ3n) is 4.29. The Labute approximate surface area is 157 Å². The Kier molecular flexibility index (Phi) is 6.21. The van der Waals surface area contributed by atoms with Crippen molar-refractivity contribution < 1.29 is 13.9 Å². The van der Waals surface area contributed by atoms with Gasteiger partial charge < -0.3 is 4.74 Å². The van der Waals surface area contributed by atoms with Gasteiger partial charge in [0.05, 0.1) is 5.69 Å². The van der Waals surface area contributed by atoms with Crippen molar-refractivity contribution in [2.75, 3.05) is 25.0 Å². The predicted molar refractivity (Wildman–Crippen MR) is 101 cm³/mol. The van der Waals surface area contributed by atoms with E-state index in [0.717, 1.165) is 25.3 Å². The molecule has 0 radical (unpaired) electrons. The third kappa shape index (κ3) is 5.51. The molecule has 1 N–H and O–H groups in total. The van der Waals surface area contributed by atoms with Crippen LogP contribution in [0.25, 0.3) is 0 Å². The first kappa shape index (κ1) is 18.8. The molecule has 7 heteroatoms. The molecule has 2 aromatic rings. The Bertz CT molecular complexity index is 742. The standard InChI is InChI=1S/C19H24FN3O2S/c1-13-6-14(2)9-23(8-13)10-16-12-26-19(21-16)22-18(24)11-25-17-5-3-4-15(20)7-17/h3-5,7,12-14H,6,8-11H2,1-2H3,(H,21,22,24)/t13-,14+. The summed E-state index contributed by atoms with van der Waals surface area (Å²) in [6, 6.07) is 5.72. The van der Waals surface area contributed by atoms with Crippen LogP contribution >= 0.6 is 11.3 Å². The highest BCUT2D eigenvalue weighted by molar-refractivity contribution is 7.13. The fourth-order valence-electron chi connectivity index (χ4n) is 3.45. The van der Waals surface area contributed by atoms with Crippen molar-refractivity contribution in [2.24, 2.45) is 11.8 Å². The van der Waals surface area contributed by atoms with E-state index in [-0.39, 0.29) is 12.5 Å². The molecule has 2 atom stereocenters. The van der Waals surface area contributed by atoms with Crippen LogP contribution in [0.3, 0.4) is 0 Å². The van der Waals surface area contributed by atoms with E-state index in [1.54, 1.807) is 6.07 Å². The first-order valence-corrected chi connectivity index (χ1v) is 9.71. The Morgan fingerprint density at radius 3 is 2.88 bits per heavy atom. The Balaban J connectivity index is 1.47. The summed E-state index contributed by atoms with van der Waals surface area (Å²) in [6.07, 6.45) is 1.28. The molecule has 1 fully saturated rings. The van der Waals surface area contributed by atoms with Gasteiger partial charge in [-0.1, -0.05) is 19.9 Å². The molecule has 26 heavy (non-hydrogen) atoms. The Morgan fingerprint density at radius 2 is 2.15 bits per heavy atom. The van der Waals surface area contributed by atoms with Crippen LogP contribution < -0.4 is 10.1 Å².